The van der Waals surface area contributed by atoms with Crippen LogP contribution in [0.15, 0.2) is 47.3 Å². The number of anilines is 1. The van der Waals surface area contributed by atoms with Gasteiger partial charge in [-0.15, -0.1) is 0 Å². The van der Waals surface area contributed by atoms with E-state index in [1.165, 1.54) is 7.05 Å². The average molecular weight is 395 g/mol. The van der Waals surface area contributed by atoms with Crippen molar-refractivity contribution >= 4 is 51.1 Å². The number of rotatable bonds is 4. The Bertz CT molecular complexity index is 1280. The number of ether oxygens (including phenoxy) is 1. The molecule has 2 aromatic carbocycles. The molecule has 4 rings (SSSR count). The molecule has 0 saturated carbocycles. The summed E-state index contributed by atoms with van der Waals surface area (Å²) in [5.41, 5.74) is 1.36. The molecule has 0 aliphatic carbocycles. The highest BCUT2D eigenvalue weighted by molar-refractivity contribution is 7.00. The van der Waals surface area contributed by atoms with Gasteiger partial charge in [0.15, 0.2) is 12.3 Å². The molecule has 0 unspecified atom stereocenters. The van der Waals surface area contributed by atoms with E-state index < -0.39 is 18.5 Å². The van der Waals surface area contributed by atoms with Gasteiger partial charge in [0.2, 0.25) is 0 Å². The molecule has 0 spiro atoms. The third-order valence-electron chi connectivity index (χ3n) is 4.04. The second-order valence-electron chi connectivity index (χ2n) is 5.88. The Morgan fingerprint density at radius 3 is 2.71 bits per heavy atom. The van der Waals surface area contributed by atoms with Gasteiger partial charge in [0.1, 0.15) is 11.0 Å². The molecule has 9 nitrogen and oxygen atoms in total. The second kappa shape index (κ2) is 7.16. The van der Waals surface area contributed by atoms with Crippen LogP contribution in [0.4, 0.5) is 5.69 Å². The smallest absolute Gasteiger partial charge is 0.359 e. The van der Waals surface area contributed by atoms with E-state index in [9.17, 15) is 14.4 Å². The predicted molar refractivity (Wildman–Crippen MR) is 103 cm³/mol. The van der Waals surface area contributed by atoms with Gasteiger partial charge < -0.3 is 10.1 Å². The van der Waals surface area contributed by atoms with Crippen molar-refractivity contribution in [3.8, 4) is 0 Å². The van der Waals surface area contributed by atoms with Crippen molar-refractivity contribution in [3.63, 3.8) is 0 Å². The van der Waals surface area contributed by atoms with E-state index >= 15 is 0 Å². The van der Waals surface area contributed by atoms with E-state index in [0.717, 1.165) is 16.4 Å². The molecular weight excluding hydrogens is 382 g/mol. The number of carbonyl (C=O) groups excluding carboxylic acids is 2. The molecule has 4 aromatic rings. The van der Waals surface area contributed by atoms with E-state index in [-0.39, 0.29) is 11.3 Å². The molecule has 10 heteroatoms. The van der Waals surface area contributed by atoms with Crippen molar-refractivity contribution in [3.05, 3.63) is 58.5 Å². The van der Waals surface area contributed by atoms with Crippen molar-refractivity contribution in [1.82, 2.24) is 18.5 Å². The van der Waals surface area contributed by atoms with Gasteiger partial charge in [0.25, 0.3) is 11.5 Å². The number of hydrogen-bond donors (Lipinski definition) is 1. The topological polar surface area (TPSA) is 116 Å². The summed E-state index contributed by atoms with van der Waals surface area (Å²) >= 11 is 1.04. The monoisotopic (exact) mass is 395 g/mol. The standard InChI is InChI=1S/C18H13N5O4S/c1-23-17(25)11-6-3-2-5-10(11)15(20-23)18(26)27-9-14(24)19-12-7-4-8-13-16(12)22-28-21-13/h2-8H,9H2,1H3,(H,19,24). The first kappa shape index (κ1) is 17.7. The molecule has 0 aliphatic heterocycles. The molecule has 0 radical (unpaired) electrons. The lowest BCUT2D eigenvalue weighted by Crippen LogP contribution is -2.26. The van der Waals surface area contributed by atoms with Gasteiger partial charge in [0, 0.05) is 12.4 Å². The van der Waals surface area contributed by atoms with Crippen LogP contribution in [0.25, 0.3) is 21.8 Å². The molecule has 0 saturated heterocycles. The van der Waals surface area contributed by atoms with Crippen LogP contribution in [0, 0.1) is 0 Å². The number of hydrogen-bond acceptors (Lipinski definition) is 8. The van der Waals surface area contributed by atoms with E-state index in [2.05, 4.69) is 19.2 Å². The summed E-state index contributed by atoms with van der Waals surface area (Å²) in [5, 5.41) is 7.34. The first-order valence-electron chi connectivity index (χ1n) is 8.19. The molecule has 0 bridgehead atoms. The van der Waals surface area contributed by atoms with Crippen molar-refractivity contribution < 1.29 is 14.3 Å². The summed E-state index contributed by atoms with van der Waals surface area (Å²) in [6.07, 6.45) is 0. The van der Waals surface area contributed by atoms with Crippen LogP contribution in [0.5, 0.6) is 0 Å². The van der Waals surface area contributed by atoms with Crippen molar-refractivity contribution in [2.45, 2.75) is 0 Å². The van der Waals surface area contributed by atoms with Gasteiger partial charge in [-0.3, -0.25) is 9.59 Å². The van der Waals surface area contributed by atoms with Gasteiger partial charge in [-0.2, -0.15) is 13.8 Å². The molecule has 2 aromatic heterocycles. The maximum Gasteiger partial charge on any atom is 0.359 e. The third-order valence-corrected chi connectivity index (χ3v) is 4.59. The first-order valence-corrected chi connectivity index (χ1v) is 8.92. The fraction of sp³-hybridized carbons (Fsp3) is 0.111. The lowest BCUT2D eigenvalue weighted by Gasteiger charge is -2.09. The molecule has 0 aliphatic rings. The molecule has 0 fully saturated rings. The van der Waals surface area contributed by atoms with Gasteiger partial charge in [0.05, 0.1) is 22.8 Å². The van der Waals surface area contributed by atoms with E-state index in [1.807, 2.05) is 0 Å². The van der Waals surface area contributed by atoms with Crippen LogP contribution < -0.4 is 10.9 Å². The zero-order valence-electron chi connectivity index (χ0n) is 14.6. The number of carbonyl (C=O) groups is 2. The zero-order chi connectivity index (χ0) is 19.7. The van der Waals surface area contributed by atoms with Crippen LogP contribution in [0.1, 0.15) is 10.5 Å². The molecule has 140 valence electrons. The Hall–Kier alpha value is -3.66. The van der Waals surface area contributed by atoms with E-state index in [0.29, 0.717) is 27.5 Å². The number of aryl methyl sites for hydroxylation is 1. The number of benzene rings is 2. The average Bonchev–Trinajstić information content (AvgIpc) is 3.19. The Morgan fingerprint density at radius 1 is 1.11 bits per heavy atom. The summed E-state index contributed by atoms with van der Waals surface area (Å²) in [6.45, 7) is -0.508. The number of fused-ring (bicyclic) bond motifs is 2. The maximum atomic E-state index is 12.4. The summed E-state index contributed by atoms with van der Waals surface area (Å²) in [6, 6.07) is 11.8. The SMILES string of the molecule is Cn1nc(C(=O)OCC(=O)Nc2cccc3nsnc23)c2ccccc2c1=O. The number of nitrogens with zero attached hydrogens (tertiary/aromatic N) is 4. The first-order chi connectivity index (χ1) is 13.5. The van der Waals surface area contributed by atoms with Gasteiger partial charge >= 0.3 is 5.97 Å². The second-order valence-corrected chi connectivity index (χ2v) is 6.41. The largest absolute Gasteiger partial charge is 0.451 e. The summed E-state index contributed by atoms with van der Waals surface area (Å²) in [5.74, 6) is -1.32. The van der Waals surface area contributed by atoms with E-state index in [4.69, 9.17) is 4.74 Å². The highest BCUT2D eigenvalue weighted by Gasteiger charge is 2.18. The Balaban J connectivity index is 1.51. The van der Waals surface area contributed by atoms with Gasteiger partial charge in [-0.05, 0) is 18.2 Å². The minimum Gasteiger partial charge on any atom is -0.451 e. The van der Waals surface area contributed by atoms with Gasteiger partial charge in [-0.1, -0.05) is 24.3 Å². The third kappa shape index (κ3) is 3.21. The summed E-state index contributed by atoms with van der Waals surface area (Å²) < 4.78 is 14.4. The minimum atomic E-state index is -0.796. The van der Waals surface area contributed by atoms with Crippen LogP contribution in [0.3, 0.4) is 0 Å². The molecule has 2 heterocycles. The lowest BCUT2D eigenvalue weighted by molar-refractivity contribution is -0.119. The van der Waals surface area contributed by atoms with E-state index in [1.54, 1.807) is 42.5 Å². The number of amides is 1. The van der Waals surface area contributed by atoms with Crippen LogP contribution >= 0.6 is 11.7 Å². The maximum absolute atomic E-state index is 12.4. The van der Waals surface area contributed by atoms with Crippen LogP contribution in [-0.4, -0.2) is 37.0 Å². The fourth-order valence-electron chi connectivity index (χ4n) is 2.74. The predicted octanol–water partition coefficient (Wildman–Crippen LogP) is 1.73. The Morgan fingerprint density at radius 2 is 1.89 bits per heavy atom. The number of aromatic nitrogens is 4. The lowest BCUT2D eigenvalue weighted by atomic mass is 10.1. The number of nitrogens with one attached hydrogen (secondary N) is 1. The zero-order valence-corrected chi connectivity index (χ0v) is 15.4. The van der Waals surface area contributed by atoms with Crippen LogP contribution in [-0.2, 0) is 16.6 Å². The fourth-order valence-corrected chi connectivity index (χ4v) is 3.29. The molecule has 28 heavy (non-hydrogen) atoms. The van der Waals surface area contributed by atoms with Crippen molar-refractivity contribution in [1.29, 1.82) is 0 Å². The molecule has 1 N–H and O–H groups in total. The Labute approximate surface area is 161 Å². The van der Waals surface area contributed by atoms with Crippen molar-refractivity contribution in [2.75, 3.05) is 11.9 Å². The van der Waals surface area contributed by atoms with Crippen LogP contribution in [0.2, 0.25) is 0 Å². The quantitative estimate of drug-likeness (QED) is 0.523. The highest BCUT2D eigenvalue weighted by Crippen LogP contribution is 2.21. The van der Waals surface area contributed by atoms with Gasteiger partial charge in [-0.25, -0.2) is 9.48 Å². The number of esters is 1. The minimum absolute atomic E-state index is 0.0312. The summed E-state index contributed by atoms with van der Waals surface area (Å²) in [4.78, 5) is 36.8. The highest BCUT2D eigenvalue weighted by atomic mass is 32.1. The molecular formula is C18H13N5O4S. The molecule has 0 atom stereocenters. The van der Waals surface area contributed by atoms with Crippen molar-refractivity contribution in [2.24, 2.45) is 7.05 Å². The normalized spacial score (nSPS) is 10.9. The Kier molecular flexibility index (Phi) is 4.53. The summed E-state index contributed by atoms with van der Waals surface area (Å²) in [7, 11) is 1.45. The molecule has 1 amide bonds.